The molecule has 0 amide bonds. The van der Waals surface area contributed by atoms with Gasteiger partial charge in [-0.15, -0.1) is 11.6 Å². The lowest BCUT2D eigenvalue weighted by Gasteiger charge is -2.28. The summed E-state index contributed by atoms with van der Waals surface area (Å²) in [5.41, 5.74) is 1.98. The number of aromatic nitrogens is 3. The maximum Gasteiger partial charge on any atom is 0.160 e. The van der Waals surface area contributed by atoms with Crippen molar-refractivity contribution in [3.63, 3.8) is 0 Å². The Bertz CT molecular complexity index is 614. The number of hydrogen-bond donors (Lipinski definition) is 0. The van der Waals surface area contributed by atoms with Crippen molar-refractivity contribution < 1.29 is 0 Å². The van der Waals surface area contributed by atoms with Crippen molar-refractivity contribution in [2.24, 2.45) is 0 Å². The summed E-state index contributed by atoms with van der Waals surface area (Å²) in [4.78, 5) is 9.27. The number of hydrogen-bond acceptors (Lipinski definition) is 2. The molecule has 1 fully saturated rings. The van der Waals surface area contributed by atoms with Gasteiger partial charge in [0.05, 0.1) is 5.38 Å². The molecular weight excluding hydrogens is 326 g/mol. The van der Waals surface area contributed by atoms with Gasteiger partial charge in [0.15, 0.2) is 5.65 Å². The van der Waals surface area contributed by atoms with Crippen LogP contribution in [-0.2, 0) is 5.54 Å². The normalized spacial score (nSPS) is 20.0. The highest BCUT2D eigenvalue weighted by Crippen LogP contribution is 2.40. The highest BCUT2D eigenvalue weighted by molar-refractivity contribution is 9.10. The van der Waals surface area contributed by atoms with E-state index in [1.807, 2.05) is 19.2 Å². The summed E-state index contributed by atoms with van der Waals surface area (Å²) in [7, 11) is 0. The fourth-order valence-corrected chi connectivity index (χ4v) is 3.58. The van der Waals surface area contributed by atoms with Crippen LogP contribution in [-0.4, -0.2) is 14.5 Å². The largest absolute Gasteiger partial charge is 0.306 e. The molecule has 1 saturated carbocycles. The van der Waals surface area contributed by atoms with E-state index in [-0.39, 0.29) is 10.9 Å². The smallest absolute Gasteiger partial charge is 0.160 e. The molecule has 0 aliphatic heterocycles. The van der Waals surface area contributed by atoms with Crippen LogP contribution in [0.1, 0.15) is 50.7 Å². The minimum atomic E-state index is -0.106. The van der Waals surface area contributed by atoms with Crippen LogP contribution < -0.4 is 0 Å². The van der Waals surface area contributed by atoms with Crippen molar-refractivity contribution in [1.82, 2.24) is 14.5 Å². The van der Waals surface area contributed by atoms with E-state index in [9.17, 15) is 0 Å². The summed E-state index contributed by atoms with van der Waals surface area (Å²) >= 11 is 9.79. The third-order valence-corrected chi connectivity index (χ3v) is 4.69. The summed E-state index contributed by atoms with van der Waals surface area (Å²) in [6, 6.07) is 2.01. The maximum atomic E-state index is 6.34. The van der Waals surface area contributed by atoms with Gasteiger partial charge in [0.1, 0.15) is 11.3 Å². The van der Waals surface area contributed by atoms with Gasteiger partial charge in [0.2, 0.25) is 0 Å². The first-order chi connectivity index (χ1) is 9.01. The Morgan fingerprint density at radius 2 is 2.11 bits per heavy atom. The quantitative estimate of drug-likeness (QED) is 0.735. The van der Waals surface area contributed by atoms with E-state index >= 15 is 0 Å². The van der Waals surface area contributed by atoms with Gasteiger partial charge in [-0.2, -0.15) is 0 Å². The Balaban J connectivity index is 2.28. The first-order valence-electron chi connectivity index (χ1n) is 6.70. The van der Waals surface area contributed by atoms with Gasteiger partial charge < -0.3 is 4.57 Å². The Morgan fingerprint density at radius 3 is 2.74 bits per heavy atom. The Hall–Kier alpha value is -0.610. The van der Waals surface area contributed by atoms with Gasteiger partial charge in [0, 0.05) is 16.2 Å². The minimum absolute atomic E-state index is 0.105. The predicted molar refractivity (Wildman–Crippen MR) is 81.6 cm³/mol. The molecule has 0 radical (unpaired) electrons. The zero-order valence-corrected chi connectivity index (χ0v) is 13.5. The number of nitrogens with zero attached hydrogens (tertiary/aromatic N) is 3. The van der Waals surface area contributed by atoms with Crippen LogP contribution in [0.4, 0.5) is 0 Å². The molecule has 2 heterocycles. The Labute approximate surface area is 126 Å². The molecule has 2 aromatic rings. The predicted octanol–water partition coefficient (Wildman–Crippen LogP) is 4.78. The highest BCUT2D eigenvalue weighted by Gasteiger charge is 2.35. The summed E-state index contributed by atoms with van der Waals surface area (Å²) in [5.74, 6) is 0.937. The topological polar surface area (TPSA) is 30.7 Å². The monoisotopic (exact) mass is 341 g/mol. The van der Waals surface area contributed by atoms with Crippen LogP contribution in [0.25, 0.3) is 11.2 Å². The molecule has 19 heavy (non-hydrogen) atoms. The average Bonchev–Trinajstić information content (AvgIpc) is 2.93. The molecule has 5 heteroatoms. The molecule has 2 aromatic heterocycles. The van der Waals surface area contributed by atoms with Crippen LogP contribution in [0.3, 0.4) is 0 Å². The molecule has 0 N–H and O–H groups in total. The number of pyridine rings is 1. The zero-order chi connectivity index (χ0) is 13.6. The molecule has 102 valence electrons. The second kappa shape index (κ2) is 4.74. The first kappa shape index (κ1) is 13.4. The number of rotatable bonds is 2. The van der Waals surface area contributed by atoms with Crippen LogP contribution in [0.15, 0.2) is 16.7 Å². The Morgan fingerprint density at radius 1 is 1.42 bits per heavy atom. The molecule has 0 aromatic carbocycles. The van der Waals surface area contributed by atoms with E-state index in [1.54, 1.807) is 0 Å². The van der Waals surface area contributed by atoms with Gasteiger partial charge in [-0.3, -0.25) is 0 Å². The molecular formula is C14H17BrClN3. The van der Waals surface area contributed by atoms with Crippen molar-refractivity contribution in [1.29, 1.82) is 0 Å². The van der Waals surface area contributed by atoms with Crippen LogP contribution >= 0.6 is 27.5 Å². The van der Waals surface area contributed by atoms with E-state index in [2.05, 4.69) is 32.4 Å². The fourth-order valence-electron chi connectivity index (χ4n) is 3.12. The number of imidazole rings is 1. The van der Waals surface area contributed by atoms with E-state index in [4.69, 9.17) is 16.6 Å². The van der Waals surface area contributed by atoms with Crippen LogP contribution in [0, 0.1) is 0 Å². The summed E-state index contributed by atoms with van der Waals surface area (Å²) in [5, 5.41) is -0.106. The molecule has 0 spiro atoms. The van der Waals surface area contributed by atoms with E-state index in [0.717, 1.165) is 21.5 Å². The molecule has 1 aliphatic carbocycles. The lowest BCUT2D eigenvalue weighted by molar-refractivity contribution is 0.326. The van der Waals surface area contributed by atoms with Crippen molar-refractivity contribution in [2.45, 2.75) is 50.4 Å². The second-order valence-electron chi connectivity index (χ2n) is 5.62. The van der Waals surface area contributed by atoms with Crippen LogP contribution in [0.5, 0.6) is 0 Å². The van der Waals surface area contributed by atoms with Gasteiger partial charge in [-0.05, 0) is 48.7 Å². The minimum Gasteiger partial charge on any atom is -0.306 e. The third-order valence-electron chi connectivity index (χ3n) is 4.07. The zero-order valence-electron chi connectivity index (χ0n) is 11.2. The average molecular weight is 343 g/mol. The molecule has 3 rings (SSSR count). The van der Waals surface area contributed by atoms with Gasteiger partial charge in [-0.1, -0.05) is 12.8 Å². The van der Waals surface area contributed by atoms with E-state index < -0.39 is 0 Å². The lowest BCUT2D eigenvalue weighted by atomic mass is 10.00. The van der Waals surface area contributed by atoms with Crippen molar-refractivity contribution >= 4 is 38.7 Å². The first-order valence-corrected chi connectivity index (χ1v) is 7.93. The van der Waals surface area contributed by atoms with Crippen molar-refractivity contribution in [2.75, 3.05) is 0 Å². The number of alkyl halides is 1. The van der Waals surface area contributed by atoms with Gasteiger partial charge >= 0.3 is 0 Å². The van der Waals surface area contributed by atoms with Crippen molar-refractivity contribution in [3.8, 4) is 0 Å². The SMILES string of the molecule is CC(Cl)c1nc2cc(Br)cnc2n1C1(C)CCCC1. The number of fused-ring (bicyclic) bond motifs is 1. The second-order valence-corrected chi connectivity index (χ2v) is 7.19. The molecule has 0 saturated heterocycles. The van der Waals surface area contributed by atoms with Crippen molar-refractivity contribution in [3.05, 3.63) is 22.6 Å². The summed E-state index contributed by atoms with van der Waals surface area (Å²) in [6.07, 6.45) is 6.72. The molecule has 1 atom stereocenters. The Kier molecular flexibility index (Phi) is 3.34. The highest BCUT2D eigenvalue weighted by atomic mass is 79.9. The molecule has 0 bridgehead atoms. The molecule has 1 aliphatic rings. The molecule has 1 unspecified atom stereocenters. The summed E-state index contributed by atoms with van der Waals surface area (Å²) in [6.45, 7) is 4.28. The van der Waals surface area contributed by atoms with E-state index in [1.165, 1.54) is 25.7 Å². The fraction of sp³-hybridized carbons (Fsp3) is 0.571. The van der Waals surface area contributed by atoms with Gasteiger partial charge in [0.25, 0.3) is 0 Å². The number of halogens is 2. The van der Waals surface area contributed by atoms with Crippen LogP contribution in [0.2, 0.25) is 0 Å². The lowest BCUT2D eigenvalue weighted by Crippen LogP contribution is -2.28. The third kappa shape index (κ3) is 2.19. The van der Waals surface area contributed by atoms with E-state index in [0.29, 0.717) is 0 Å². The summed E-state index contributed by atoms with van der Waals surface area (Å²) < 4.78 is 3.23. The standard InChI is InChI=1S/C14H17BrClN3/c1-9(16)12-18-11-7-10(15)8-17-13(11)19(12)14(2)5-3-4-6-14/h7-9H,3-6H2,1-2H3. The molecule has 3 nitrogen and oxygen atoms in total. The van der Waals surface area contributed by atoms with Gasteiger partial charge in [-0.25, -0.2) is 9.97 Å². The maximum absolute atomic E-state index is 6.34.